The lowest BCUT2D eigenvalue weighted by atomic mass is 9.87. The molecule has 4 rings (SSSR count). The van der Waals surface area contributed by atoms with Gasteiger partial charge in [0, 0.05) is 40.4 Å². The van der Waals surface area contributed by atoms with Crippen molar-refractivity contribution in [2.24, 2.45) is 0 Å². The number of nitrogens with zero attached hydrogens (tertiary/aromatic N) is 1. The predicted octanol–water partition coefficient (Wildman–Crippen LogP) is 2.49. The molecular weight excluding hydrogens is 635 g/mol. The number of aliphatic carboxylic acids is 1. The van der Waals surface area contributed by atoms with Crippen molar-refractivity contribution >= 4 is 28.5 Å². The quantitative estimate of drug-likeness (QED) is 0.0683. The van der Waals surface area contributed by atoms with Gasteiger partial charge in [0.05, 0.1) is 25.3 Å². The molecule has 0 saturated heterocycles. The van der Waals surface area contributed by atoms with Gasteiger partial charge in [-0.3, -0.25) is 9.29 Å². The van der Waals surface area contributed by atoms with E-state index >= 15 is 8.78 Å². The van der Waals surface area contributed by atoms with Gasteiger partial charge in [0.2, 0.25) is 0 Å². The molecule has 2 aromatic carbocycles. The van der Waals surface area contributed by atoms with Gasteiger partial charge >= 0.3 is 11.9 Å². The zero-order valence-electron chi connectivity index (χ0n) is 25.4. The van der Waals surface area contributed by atoms with Gasteiger partial charge in [-0.1, -0.05) is 18.2 Å². The van der Waals surface area contributed by atoms with Crippen LogP contribution in [0.3, 0.4) is 0 Å². The molecule has 1 aromatic heterocycles. The highest BCUT2D eigenvalue weighted by molar-refractivity contribution is 5.85. The van der Waals surface area contributed by atoms with Gasteiger partial charge in [-0.2, -0.15) is 0 Å². The van der Waals surface area contributed by atoms with Crippen molar-refractivity contribution in [2.45, 2.75) is 56.0 Å². The number of para-hydroxylation sites is 1. The second-order valence-electron chi connectivity index (χ2n) is 11.5. The first-order valence-electron chi connectivity index (χ1n) is 14.9. The number of esters is 1. The number of aromatic amines is 1. The van der Waals surface area contributed by atoms with Gasteiger partial charge in [-0.15, -0.1) is 0 Å². The number of aromatic nitrogens is 1. The first kappa shape index (κ1) is 36.0. The number of aliphatic hydroxyl groups is 3. The van der Waals surface area contributed by atoms with Crippen molar-refractivity contribution in [1.29, 1.82) is 0 Å². The number of hydrogen-bond donors (Lipinski definition) is 7. The van der Waals surface area contributed by atoms with E-state index in [0.29, 0.717) is 17.6 Å². The summed E-state index contributed by atoms with van der Waals surface area (Å²) in [6, 6.07) is 6.12. The number of fused-ring (bicyclic) bond motifs is 3. The van der Waals surface area contributed by atoms with Crippen LogP contribution in [0.15, 0.2) is 36.4 Å². The molecule has 258 valence electrons. The van der Waals surface area contributed by atoms with E-state index in [-0.39, 0.29) is 25.2 Å². The molecule has 3 aromatic rings. The van der Waals surface area contributed by atoms with Crippen LogP contribution < -0.4 is 10.6 Å². The largest absolute Gasteiger partial charge is 0.479 e. The van der Waals surface area contributed by atoms with Crippen molar-refractivity contribution in [3.63, 3.8) is 0 Å². The molecule has 11 nitrogen and oxygen atoms in total. The average Bonchev–Trinajstić information content (AvgIpc) is 3.39. The summed E-state index contributed by atoms with van der Waals surface area (Å²) < 4.78 is 78.7. The number of hydrogen-bond acceptors (Lipinski definition) is 9. The van der Waals surface area contributed by atoms with E-state index in [4.69, 9.17) is 9.84 Å². The molecule has 0 aliphatic carbocycles. The Balaban J connectivity index is 1.66. The number of ether oxygens (including phenoxy) is 1. The van der Waals surface area contributed by atoms with Crippen LogP contribution in [0.25, 0.3) is 10.9 Å². The Hall–Kier alpha value is -3.83. The minimum absolute atomic E-state index is 0.0432. The Kier molecular flexibility index (Phi) is 11.8. The third-order valence-electron chi connectivity index (χ3n) is 7.98. The number of carbonyl (C=O) groups excluding carboxylic acids is 1. The predicted molar refractivity (Wildman–Crippen MR) is 160 cm³/mol. The maximum Gasteiger partial charge on any atom is 0.338 e. The van der Waals surface area contributed by atoms with Crippen molar-refractivity contribution in [1.82, 2.24) is 15.2 Å². The number of nitrogens with one attached hydrogen (secondary N) is 3. The average molecular weight is 673 g/mol. The number of halogens is 5. The topological polar surface area (TPSA) is 167 Å². The van der Waals surface area contributed by atoms with Crippen LogP contribution in [0.4, 0.5) is 27.6 Å². The molecule has 1 aliphatic heterocycles. The minimum Gasteiger partial charge on any atom is -0.479 e. The Morgan fingerprint density at radius 1 is 1.15 bits per heavy atom. The van der Waals surface area contributed by atoms with Gasteiger partial charge < -0.3 is 40.8 Å². The Morgan fingerprint density at radius 3 is 2.47 bits per heavy atom. The summed E-state index contributed by atoms with van der Waals surface area (Å²) in [6.07, 6.45) is -4.43. The monoisotopic (exact) mass is 672 g/mol. The van der Waals surface area contributed by atoms with Gasteiger partial charge in [0.15, 0.2) is 12.2 Å². The number of alkyl halides is 3. The molecule has 2 unspecified atom stereocenters. The lowest BCUT2D eigenvalue weighted by Crippen LogP contribution is -2.49. The van der Waals surface area contributed by atoms with Crippen LogP contribution in [0.1, 0.15) is 36.2 Å². The molecule has 16 heteroatoms. The molecule has 0 fully saturated rings. The van der Waals surface area contributed by atoms with Crippen LogP contribution >= 0.6 is 0 Å². The highest BCUT2D eigenvalue weighted by Gasteiger charge is 2.43. The molecule has 5 atom stereocenters. The summed E-state index contributed by atoms with van der Waals surface area (Å²) >= 11 is 0. The third-order valence-corrected chi connectivity index (χ3v) is 7.98. The van der Waals surface area contributed by atoms with Crippen molar-refractivity contribution in [3.05, 3.63) is 64.9 Å². The fourth-order valence-electron chi connectivity index (χ4n) is 5.70. The minimum atomic E-state index is -3.57. The van der Waals surface area contributed by atoms with Crippen LogP contribution in [-0.4, -0.2) is 112 Å². The molecular formula is C31H37F5N4O7. The number of carbonyl (C=O) groups is 2. The first-order chi connectivity index (χ1) is 22.3. The van der Waals surface area contributed by atoms with E-state index < -0.39 is 91.8 Å². The van der Waals surface area contributed by atoms with Gasteiger partial charge in [-0.05, 0) is 50.1 Å². The Bertz CT molecular complexity index is 1530. The summed E-state index contributed by atoms with van der Waals surface area (Å²) in [5, 5.41) is 43.7. The molecule has 0 radical (unpaired) electrons. The maximum atomic E-state index is 16.0. The van der Waals surface area contributed by atoms with E-state index in [1.165, 1.54) is 4.90 Å². The molecule has 0 saturated carbocycles. The number of rotatable bonds is 16. The van der Waals surface area contributed by atoms with Crippen molar-refractivity contribution in [3.8, 4) is 0 Å². The third kappa shape index (κ3) is 8.37. The Labute approximate surface area is 266 Å². The van der Waals surface area contributed by atoms with E-state index in [1.54, 1.807) is 25.1 Å². The van der Waals surface area contributed by atoms with Crippen LogP contribution in [0, 0.1) is 11.6 Å². The first-order valence-corrected chi connectivity index (χ1v) is 14.9. The second-order valence-corrected chi connectivity index (χ2v) is 11.5. The lowest BCUT2D eigenvalue weighted by molar-refractivity contribution is -0.170. The lowest BCUT2D eigenvalue weighted by Gasteiger charge is -2.42. The molecule has 1 aliphatic rings. The highest BCUT2D eigenvalue weighted by atomic mass is 19.3. The zero-order valence-corrected chi connectivity index (χ0v) is 25.4. The molecule has 0 amide bonds. The number of anilines is 1. The molecule has 0 spiro atoms. The molecule has 0 bridgehead atoms. The fraction of sp³-hybridized carbons (Fsp3) is 0.484. The second kappa shape index (κ2) is 15.4. The number of benzene rings is 2. The van der Waals surface area contributed by atoms with Crippen LogP contribution in [0.2, 0.25) is 0 Å². The smallest absolute Gasteiger partial charge is 0.338 e. The molecule has 2 heterocycles. The highest BCUT2D eigenvalue weighted by Crippen LogP contribution is 2.43. The fourth-order valence-corrected chi connectivity index (χ4v) is 5.70. The summed E-state index contributed by atoms with van der Waals surface area (Å²) in [5.41, 5.74) is 1.05. The SMILES string of the molecule is C[C@@H]1Cc2c([nH]c3ccccc23)[C@@H](c2c(F)cc(N[C@H](CNCCCF)COC(=O)C(O)C(O)C(=O)O)cc2F)N1CC(F)(F)CO. The summed E-state index contributed by atoms with van der Waals surface area (Å²) in [5.74, 6) is -9.08. The molecule has 7 N–H and O–H groups in total. The summed E-state index contributed by atoms with van der Waals surface area (Å²) in [7, 11) is 0. The van der Waals surface area contributed by atoms with E-state index in [0.717, 1.165) is 23.1 Å². The maximum absolute atomic E-state index is 16.0. The van der Waals surface area contributed by atoms with Gasteiger partial charge in [0.25, 0.3) is 5.92 Å². The molecule has 47 heavy (non-hydrogen) atoms. The number of H-pyrrole nitrogens is 1. The van der Waals surface area contributed by atoms with Crippen LogP contribution in [-0.2, 0) is 20.7 Å². The Morgan fingerprint density at radius 2 is 1.83 bits per heavy atom. The number of aliphatic hydroxyl groups excluding tert-OH is 3. The zero-order chi connectivity index (χ0) is 34.5. The van der Waals surface area contributed by atoms with Crippen molar-refractivity contribution < 1.29 is 56.7 Å². The summed E-state index contributed by atoms with van der Waals surface area (Å²) in [4.78, 5) is 27.4. The van der Waals surface area contributed by atoms with Gasteiger partial charge in [0.1, 0.15) is 24.8 Å². The van der Waals surface area contributed by atoms with Crippen LogP contribution in [0.5, 0.6) is 0 Å². The van der Waals surface area contributed by atoms with Crippen molar-refractivity contribution in [2.75, 3.05) is 44.8 Å². The van der Waals surface area contributed by atoms with E-state index in [2.05, 4.69) is 15.6 Å². The standard InChI is InChI=1S/C31H37F5N4O7/c1-16-9-20-19-5-2-3-6-23(19)39-25(20)26(40(16)14-31(35,36)15-41)24-21(33)10-17(11-22(24)34)38-18(12-37-8-4-7-32)13-47-30(46)28(43)27(42)29(44)45/h2-3,5-6,10-11,16,18,26-28,37-39,41-43H,4,7-9,12-15H2,1H3,(H,44,45)/t16-,18-,26-,27?,28?/m1/s1. The number of carboxylic acids is 1. The van der Waals surface area contributed by atoms with Gasteiger partial charge in [-0.25, -0.2) is 27.2 Å². The normalized spacial score (nSPS) is 18.8. The summed E-state index contributed by atoms with van der Waals surface area (Å²) in [6.45, 7) is -1.85. The van der Waals surface area contributed by atoms with E-state index in [9.17, 15) is 38.1 Å². The van der Waals surface area contributed by atoms with E-state index in [1.807, 2.05) is 6.07 Å². The number of carboxylic acid groups (broad SMARTS) is 1.